The molecule has 1 heterocycles. The van der Waals surface area contributed by atoms with E-state index in [2.05, 4.69) is 20.9 Å². The molecule has 0 saturated carbocycles. The van der Waals surface area contributed by atoms with Crippen molar-refractivity contribution < 1.29 is 8.42 Å². The third-order valence-electron chi connectivity index (χ3n) is 2.10. The van der Waals surface area contributed by atoms with Gasteiger partial charge < -0.3 is 4.57 Å². The molecule has 1 rings (SSSR count). The van der Waals surface area contributed by atoms with Gasteiger partial charge in [-0.2, -0.15) is 0 Å². The third kappa shape index (κ3) is 3.31. The van der Waals surface area contributed by atoms with E-state index < -0.39 is 9.84 Å². The Morgan fingerprint density at radius 3 is 2.53 bits per heavy atom. The molecular weight excluding hydrogens is 280 g/mol. The lowest BCUT2D eigenvalue weighted by Gasteiger charge is -2.06. The highest BCUT2D eigenvalue weighted by Gasteiger charge is 2.14. The molecular formula is C9H15BrN2O2S. The minimum absolute atomic E-state index is 0.0157. The van der Waals surface area contributed by atoms with Crippen LogP contribution in [0.1, 0.15) is 32.5 Å². The largest absolute Gasteiger partial charge is 0.323 e. The smallest absolute Gasteiger partial charge is 0.177 e. The molecule has 15 heavy (non-hydrogen) atoms. The van der Waals surface area contributed by atoms with Crippen molar-refractivity contribution in [2.75, 3.05) is 5.75 Å². The summed E-state index contributed by atoms with van der Waals surface area (Å²) >= 11 is 3.30. The van der Waals surface area contributed by atoms with Gasteiger partial charge in [0.05, 0.1) is 11.4 Å². The Balaban J connectivity index is 2.94. The molecule has 0 unspecified atom stereocenters. The van der Waals surface area contributed by atoms with Crippen molar-refractivity contribution in [2.24, 2.45) is 0 Å². The molecule has 0 aromatic carbocycles. The number of aromatic nitrogens is 2. The van der Waals surface area contributed by atoms with E-state index in [1.807, 2.05) is 18.4 Å². The molecule has 0 aliphatic heterocycles. The number of imidazole rings is 1. The fraction of sp³-hybridized carbons (Fsp3) is 0.667. The molecule has 0 saturated heterocycles. The monoisotopic (exact) mass is 294 g/mol. The summed E-state index contributed by atoms with van der Waals surface area (Å²) in [4.78, 5) is 4.17. The van der Waals surface area contributed by atoms with Crippen LogP contribution in [0.3, 0.4) is 0 Å². The second kappa shape index (κ2) is 4.65. The van der Waals surface area contributed by atoms with E-state index in [0.717, 1.165) is 0 Å². The number of nitrogens with zero attached hydrogens (tertiary/aromatic N) is 2. The molecule has 1 aromatic heterocycles. The third-order valence-corrected chi connectivity index (χ3v) is 4.30. The molecule has 0 spiro atoms. The summed E-state index contributed by atoms with van der Waals surface area (Å²) in [7, 11) is -3.00. The van der Waals surface area contributed by atoms with Crippen LogP contribution >= 0.6 is 15.9 Å². The van der Waals surface area contributed by atoms with Crippen LogP contribution in [0, 0.1) is 0 Å². The maximum Gasteiger partial charge on any atom is 0.177 e. The summed E-state index contributed by atoms with van der Waals surface area (Å²) in [6.45, 7) is 5.68. The molecule has 0 bridgehead atoms. The Hall–Kier alpha value is -0.360. The van der Waals surface area contributed by atoms with Gasteiger partial charge in [0.2, 0.25) is 0 Å². The average Bonchev–Trinajstić information content (AvgIpc) is 2.46. The van der Waals surface area contributed by atoms with Gasteiger partial charge in [-0.05, 0) is 29.8 Å². The summed E-state index contributed by atoms with van der Waals surface area (Å²) in [6, 6.07) is 0.268. The Bertz CT molecular complexity index is 437. The Morgan fingerprint density at radius 2 is 2.13 bits per heavy atom. The van der Waals surface area contributed by atoms with E-state index in [9.17, 15) is 8.42 Å². The van der Waals surface area contributed by atoms with E-state index >= 15 is 0 Å². The minimum atomic E-state index is -3.00. The molecule has 6 heteroatoms. The van der Waals surface area contributed by atoms with E-state index in [1.54, 1.807) is 13.1 Å². The van der Waals surface area contributed by atoms with Gasteiger partial charge in [0, 0.05) is 18.0 Å². The van der Waals surface area contributed by atoms with E-state index in [-0.39, 0.29) is 17.5 Å². The topological polar surface area (TPSA) is 52.0 Å². The summed E-state index contributed by atoms with van der Waals surface area (Å²) in [5, 5.41) is 0. The minimum Gasteiger partial charge on any atom is -0.323 e. The van der Waals surface area contributed by atoms with Crippen LogP contribution < -0.4 is 0 Å². The van der Waals surface area contributed by atoms with E-state index in [1.165, 1.54) is 0 Å². The predicted octanol–water partition coefficient (Wildman–Crippen LogP) is 2.16. The average molecular weight is 295 g/mol. The number of hydrogen-bond donors (Lipinski definition) is 0. The fourth-order valence-electron chi connectivity index (χ4n) is 1.18. The lowest BCUT2D eigenvalue weighted by molar-refractivity contribution is 0.586. The number of halogens is 1. The molecule has 0 fully saturated rings. The molecule has 0 amide bonds. The highest BCUT2D eigenvalue weighted by Crippen LogP contribution is 2.17. The maximum atomic E-state index is 11.4. The lowest BCUT2D eigenvalue weighted by atomic mass is 10.4. The van der Waals surface area contributed by atoms with Crippen molar-refractivity contribution in [2.45, 2.75) is 32.6 Å². The van der Waals surface area contributed by atoms with Gasteiger partial charge in [0.1, 0.15) is 0 Å². The molecule has 0 radical (unpaired) electrons. The molecule has 0 aliphatic rings. The molecule has 0 N–H and O–H groups in total. The fourth-order valence-corrected chi connectivity index (χ4v) is 2.71. The number of hydrogen-bond acceptors (Lipinski definition) is 3. The molecule has 0 aliphatic carbocycles. The Kier molecular flexibility index (Phi) is 3.94. The Labute approximate surface area is 98.8 Å². The normalized spacial score (nSPS) is 12.3. The zero-order valence-corrected chi connectivity index (χ0v) is 11.5. The van der Waals surface area contributed by atoms with Crippen LogP contribution in [-0.4, -0.2) is 23.7 Å². The highest BCUT2D eigenvalue weighted by molar-refractivity contribution is 9.10. The first-order chi connectivity index (χ1) is 6.85. The van der Waals surface area contributed by atoms with Crippen molar-refractivity contribution in [3.8, 4) is 0 Å². The maximum absolute atomic E-state index is 11.4. The second-order valence-corrected chi connectivity index (χ2v) is 6.74. The van der Waals surface area contributed by atoms with Crippen molar-refractivity contribution in [3.63, 3.8) is 0 Å². The van der Waals surface area contributed by atoms with Crippen LogP contribution in [0.5, 0.6) is 0 Å². The van der Waals surface area contributed by atoms with Gasteiger partial charge in [-0.15, -0.1) is 0 Å². The van der Waals surface area contributed by atoms with Crippen LogP contribution in [-0.2, 0) is 15.6 Å². The first-order valence-electron chi connectivity index (χ1n) is 4.79. The number of sulfone groups is 1. The molecule has 4 nitrogen and oxygen atoms in total. The Morgan fingerprint density at radius 1 is 1.53 bits per heavy atom. The molecule has 0 atom stereocenters. The van der Waals surface area contributed by atoms with Gasteiger partial charge >= 0.3 is 0 Å². The van der Waals surface area contributed by atoms with Gasteiger partial charge in [-0.3, -0.25) is 0 Å². The zero-order valence-electron chi connectivity index (χ0n) is 9.07. The number of rotatable bonds is 4. The summed E-state index contributed by atoms with van der Waals surface area (Å²) in [5.74, 6) is 0.168. The van der Waals surface area contributed by atoms with E-state index in [0.29, 0.717) is 10.4 Å². The lowest BCUT2D eigenvalue weighted by Crippen LogP contribution is -2.06. The van der Waals surface area contributed by atoms with Crippen molar-refractivity contribution in [1.82, 2.24) is 9.55 Å². The van der Waals surface area contributed by atoms with Crippen molar-refractivity contribution >= 4 is 25.8 Å². The van der Waals surface area contributed by atoms with Crippen LogP contribution in [0.2, 0.25) is 0 Å². The van der Waals surface area contributed by atoms with Gasteiger partial charge in [-0.25, -0.2) is 13.4 Å². The van der Waals surface area contributed by atoms with Crippen LogP contribution in [0.15, 0.2) is 10.9 Å². The summed E-state index contributed by atoms with van der Waals surface area (Å²) in [5.41, 5.74) is 0.595. The van der Waals surface area contributed by atoms with Gasteiger partial charge in [0.15, 0.2) is 14.6 Å². The second-order valence-electron chi connectivity index (χ2n) is 3.68. The van der Waals surface area contributed by atoms with Gasteiger partial charge in [-0.1, -0.05) is 6.92 Å². The first-order valence-corrected chi connectivity index (χ1v) is 7.41. The summed E-state index contributed by atoms with van der Waals surface area (Å²) in [6.07, 6.45) is 1.78. The first kappa shape index (κ1) is 12.7. The van der Waals surface area contributed by atoms with E-state index in [4.69, 9.17) is 0 Å². The highest BCUT2D eigenvalue weighted by atomic mass is 79.9. The standard InChI is InChI=1S/C9H15BrN2O2S/c1-4-15(13,14)6-8-5-12(7(2)3)9(10)11-8/h5,7H,4,6H2,1-3H3. The SMILES string of the molecule is CCS(=O)(=O)Cc1cn(C(C)C)c(Br)n1. The zero-order chi connectivity index (χ0) is 11.6. The molecule has 86 valence electrons. The summed E-state index contributed by atoms with van der Waals surface area (Å²) < 4.78 is 25.4. The quantitative estimate of drug-likeness (QED) is 0.855. The van der Waals surface area contributed by atoms with Crippen molar-refractivity contribution in [3.05, 3.63) is 16.6 Å². The van der Waals surface area contributed by atoms with Crippen molar-refractivity contribution in [1.29, 1.82) is 0 Å². The van der Waals surface area contributed by atoms with Crippen LogP contribution in [0.4, 0.5) is 0 Å². The van der Waals surface area contributed by atoms with Crippen LogP contribution in [0.25, 0.3) is 0 Å². The van der Waals surface area contributed by atoms with Gasteiger partial charge in [0.25, 0.3) is 0 Å². The molecule has 1 aromatic rings. The predicted molar refractivity (Wildman–Crippen MR) is 63.5 cm³/mol.